The summed E-state index contributed by atoms with van der Waals surface area (Å²) in [5.74, 6) is 3.46. The van der Waals surface area contributed by atoms with E-state index in [9.17, 15) is 4.79 Å². The first-order valence-electron chi connectivity index (χ1n) is 14.7. The van der Waals surface area contributed by atoms with E-state index in [1.54, 1.807) is 0 Å². The second-order valence-corrected chi connectivity index (χ2v) is 11.2. The molecule has 1 fully saturated rings. The van der Waals surface area contributed by atoms with Crippen molar-refractivity contribution in [3.63, 3.8) is 0 Å². The van der Waals surface area contributed by atoms with Crippen LogP contribution in [0.25, 0.3) is 11.4 Å². The number of fused-ring (bicyclic) bond motifs is 1. The molecule has 0 aliphatic carbocycles. The van der Waals surface area contributed by atoms with E-state index in [2.05, 4.69) is 68.7 Å². The van der Waals surface area contributed by atoms with Crippen LogP contribution in [0, 0.1) is 12.8 Å². The van der Waals surface area contributed by atoms with Crippen molar-refractivity contribution in [2.75, 3.05) is 36.0 Å². The minimum Gasteiger partial charge on any atom is -0.488 e. The van der Waals surface area contributed by atoms with Crippen LogP contribution in [0.15, 0.2) is 30.3 Å². The highest BCUT2D eigenvalue weighted by molar-refractivity contribution is 5.77. The number of hydrogen-bond donors (Lipinski definition) is 1. The molecule has 2 N–H and O–H groups in total. The number of aryl methyl sites for hydroxylation is 3. The Hall–Kier alpha value is -3.68. The molecule has 2 aromatic heterocycles. The summed E-state index contributed by atoms with van der Waals surface area (Å²) in [6, 6.07) is 10.6. The van der Waals surface area contributed by atoms with E-state index < -0.39 is 0 Å². The highest BCUT2D eigenvalue weighted by atomic mass is 16.5. The highest BCUT2D eigenvalue weighted by Crippen LogP contribution is 2.36. The van der Waals surface area contributed by atoms with E-state index in [4.69, 9.17) is 25.4 Å². The van der Waals surface area contributed by atoms with E-state index in [0.29, 0.717) is 19.1 Å². The Kier molecular flexibility index (Phi) is 8.24. The van der Waals surface area contributed by atoms with Crippen LogP contribution in [0.2, 0.25) is 0 Å². The van der Waals surface area contributed by atoms with Gasteiger partial charge in [0.2, 0.25) is 5.91 Å². The van der Waals surface area contributed by atoms with E-state index >= 15 is 0 Å². The third kappa shape index (κ3) is 5.49. The van der Waals surface area contributed by atoms with E-state index in [0.717, 1.165) is 91.0 Å². The van der Waals surface area contributed by atoms with Crippen molar-refractivity contribution in [3.05, 3.63) is 58.4 Å². The van der Waals surface area contributed by atoms with Crippen molar-refractivity contribution in [2.45, 2.75) is 72.8 Å². The average Bonchev–Trinajstić information content (AvgIpc) is 2.97. The fourth-order valence-corrected chi connectivity index (χ4v) is 5.87. The summed E-state index contributed by atoms with van der Waals surface area (Å²) < 4.78 is 5.98. The maximum absolute atomic E-state index is 11.9. The summed E-state index contributed by atoms with van der Waals surface area (Å²) in [5, 5.41) is 0. The van der Waals surface area contributed by atoms with Gasteiger partial charge in [-0.3, -0.25) is 4.79 Å². The molecule has 3 aromatic rings. The summed E-state index contributed by atoms with van der Waals surface area (Å²) in [4.78, 5) is 32.0. The van der Waals surface area contributed by atoms with Gasteiger partial charge in [0.25, 0.3) is 0 Å². The van der Waals surface area contributed by atoms with Crippen LogP contribution in [-0.2, 0) is 24.2 Å². The second kappa shape index (κ2) is 11.8. The minimum absolute atomic E-state index is 0.0839. The molecular weight excluding hydrogens is 500 g/mol. The number of carbonyl (C=O) groups excluding carboxylic acids is 1. The third-order valence-corrected chi connectivity index (χ3v) is 8.33. The molecule has 2 aliphatic rings. The Balaban J connectivity index is 1.59. The number of amides is 1. The zero-order valence-corrected chi connectivity index (χ0v) is 24.5. The first-order chi connectivity index (χ1) is 19.3. The Morgan fingerprint density at radius 3 is 2.33 bits per heavy atom. The number of hydrogen-bond acceptors (Lipinski definition) is 7. The topological polar surface area (TPSA) is 97.5 Å². The predicted molar refractivity (Wildman–Crippen MR) is 160 cm³/mol. The maximum atomic E-state index is 11.9. The number of primary amides is 1. The monoisotopic (exact) mass is 542 g/mol. The summed E-state index contributed by atoms with van der Waals surface area (Å²) in [7, 11) is 0. The molecule has 0 atom stereocenters. The number of anilines is 2. The lowest BCUT2D eigenvalue weighted by Gasteiger charge is -2.35. The van der Waals surface area contributed by atoms with Gasteiger partial charge in [-0.05, 0) is 61.8 Å². The summed E-state index contributed by atoms with van der Waals surface area (Å²) in [5.41, 5.74) is 12.5. The number of ether oxygens (including phenoxy) is 1. The zero-order valence-electron chi connectivity index (χ0n) is 24.5. The van der Waals surface area contributed by atoms with Crippen LogP contribution >= 0.6 is 0 Å². The fraction of sp³-hybridized carbons (Fsp3) is 0.500. The minimum atomic E-state index is -0.208. The SMILES string of the molecule is CCc1cccc(CC)c1-c1nc(C)c(CN2CCOc3ccc(C(C)C)nc32)c(N2CCC(C(N)=O)CC2)n1. The Bertz CT molecular complexity index is 1360. The van der Waals surface area contributed by atoms with Gasteiger partial charge in [0.15, 0.2) is 17.4 Å². The molecular formula is C32H42N6O2. The van der Waals surface area contributed by atoms with Gasteiger partial charge < -0.3 is 20.3 Å². The zero-order chi connectivity index (χ0) is 28.4. The van der Waals surface area contributed by atoms with Crippen LogP contribution in [0.4, 0.5) is 11.6 Å². The molecule has 0 unspecified atom stereocenters. The molecule has 1 aromatic carbocycles. The molecule has 4 heterocycles. The normalized spacial score (nSPS) is 15.8. The standard InChI is InChI=1S/C32H42N6O2/c1-6-22-9-8-10-23(7-2)28(22)30-34-21(5)25(31(36-30)37-15-13-24(14-16-37)29(33)39)19-38-17-18-40-27-12-11-26(20(3)4)35-32(27)38/h8-12,20,24H,6-7,13-19H2,1-5H3,(H2,33,39). The number of carbonyl (C=O) groups is 1. The van der Waals surface area contributed by atoms with E-state index in [-0.39, 0.29) is 11.8 Å². The number of nitrogens with two attached hydrogens (primary N) is 1. The molecule has 0 saturated carbocycles. The molecule has 40 heavy (non-hydrogen) atoms. The average molecular weight is 543 g/mol. The van der Waals surface area contributed by atoms with Crippen molar-refractivity contribution in [1.29, 1.82) is 0 Å². The van der Waals surface area contributed by atoms with Gasteiger partial charge in [0.1, 0.15) is 12.4 Å². The van der Waals surface area contributed by atoms with Crippen molar-refractivity contribution < 1.29 is 9.53 Å². The Labute approximate surface area is 238 Å². The fourth-order valence-electron chi connectivity index (χ4n) is 5.87. The Morgan fingerprint density at radius 1 is 1.00 bits per heavy atom. The van der Waals surface area contributed by atoms with Crippen LogP contribution in [-0.4, -0.2) is 47.1 Å². The molecule has 1 saturated heterocycles. The van der Waals surface area contributed by atoms with Gasteiger partial charge in [0.05, 0.1) is 13.1 Å². The maximum Gasteiger partial charge on any atom is 0.220 e. The second-order valence-electron chi connectivity index (χ2n) is 11.2. The van der Waals surface area contributed by atoms with Crippen LogP contribution in [0.1, 0.15) is 74.5 Å². The lowest BCUT2D eigenvalue weighted by molar-refractivity contribution is -0.122. The predicted octanol–water partition coefficient (Wildman–Crippen LogP) is 5.20. The molecule has 8 heteroatoms. The van der Waals surface area contributed by atoms with Gasteiger partial charge in [-0.25, -0.2) is 15.0 Å². The summed E-state index contributed by atoms with van der Waals surface area (Å²) >= 11 is 0. The first kappa shape index (κ1) is 27.9. The lowest BCUT2D eigenvalue weighted by atomic mass is 9.95. The molecule has 8 nitrogen and oxygen atoms in total. The number of piperidine rings is 1. The van der Waals surface area contributed by atoms with Gasteiger partial charge in [-0.15, -0.1) is 0 Å². The molecule has 5 rings (SSSR count). The lowest BCUT2D eigenvalue weighted by Crippen LogP contribution is -2.40. The molecule has 212 valence electrons. The number of aromatic nitrogens is 3. The van der Waals surface area contributed by atoms with Crippen LogP contribution < -0.4 is 20.3 Å². The summed E-state index contributed by atoms with van der Waals surface area (Å²) in [6.07, 6.45) is 3.30. The van der Waals surface area contributed by atoms with Gasteiger partial charge >= 0.3 is 0 Å². The van der Waals surface area contributed by atoms with Gasteiger partial charge in [-0.2, -0.15) is 0 Å². The van der Waals surface area contributed by atoms with E-state index in [1.807, 2.05) is 6.07 Å². The largest absolute Gasteiger partial charge is 0.488 e. The number of benzene rings is 1. The highest BCUT2D eigenvalue weighted by Gasteiger charge is 2.29. The molecule has 0 radical (unpaired) electrons. The quantitative estimate of drug-likeness (QED) is 0.418. The molecule has 0 bridgehead atoms. The van der Waals surface area contributed by atoms with Gasteiger partial charge in [-0.1, -0.05) is 45.9 Å². The van der Waals surface area contributed by atoms with Crippen molar-refractivity contribution >= 4 is 17.5 Å². The number of pyridine rings is 1. The third-order valence-electron chi connectivity index (χ3n) is 8.33. The Morgan fingerprint density at radius 2 is 1.70 bits per heavy atom. The van der Waals surface area contributed by atoms with Crippen LogP contribution in [0.5, 0.6) is 5.75 Å². The van der Waals surface area contributed by atoms with Crippen molar-refractivity contribution in [2.24, 2.45) is 11.7 Å². The summed E-state index contributed by atoms with van der Waals surface area (Å²) in [6.45, 7) is 14.2. The first-order valence-corrected chi connectivity index (χ1v) is 14.7. The molecule has 2 aliphatic heterocycles. The van der Waals surface area contributed by atoms with Crippen molar-refractivity contribution in [3.8, 4) is 17.1 Å². The number of nitrogens with zero attached hydrogens (tertiary/aromatic N) is 5. The van der Waals surface area contributed by atoms with Crippen molar-refractivity contribution in [1.82, 2.24) is 15.0 Å². The van der Waals surface area contributed by atoms with E-state index in [1.165, 1.54) is 11.1 Å². The molecule has 1 amide bonds. The number of rotatable bonds is 8. The van der Waals surface area contributed by atoms with Gasteiger partial charge in [0, 0.05) is 41.5 Å². The van der Waals surface area contributed by atoms with Crippen LogP contribution in [0.3, 0.4) is 0 Å². The molecule has 0 spiro atoms. The smallest absolute Gasteiger partial charge is 0.220 e.